The maximum absolute atomic E-state index is 2.35. The first-order chi connectivity index (χ1) is 8.18. The van der Waals surface area contributed by atoms with Gasteiger partial charge in [0.25, 0.3) is 0 Å². The SMILES string of the molecule is CN(C)c1ccc([Si](C)c2ccccc2)cc1. The van der Waals surface area contributed by atoms with E-state index in [9.17, 15) is 0 Å². The Balaban J connectivity index is 2.23. The van der Waals surface area contributed by atoms with Crippen molar-refractivity contribution in [2.45, 2.75) is 6.55 Å². The summed E-state index contributed by atoms with van der Waals surface area (Å²) in [7, 11) is 3.54. The fourth-order valence-electron chi connectivity index (χ4n) is 1.86. The summed E-state index contributed by atoms with van der Waals surface area (Å²) in [6.07, 6.45) is 0. The summed E-state index contributed by atoms with van der Waals surface area (Å²) in [5, 5.41) is 2.93. The first kappa shape index (κ1) is 11.9. The van der Waals surface area contributed by atoms with E-state index in [2.05, 4.69) is 80.1 Å². The molecule has 0 aromatic heterocycles. The number of hydrogen-bond donors (Lipinski definition) is 0. The summed E-state index contributed by atoms with van der Waals surface area (Å²) >= 11 is 0. The van der Waals surface area contributed by atoms with E-state index in [4.69, 9.17) is 0 Å². The van der Waals surface area contributed by atoms with Gasteiger partial charge in [0.1, 0.15) is 8.80 Å². The average molecular weight is 240 g/mol. The molecule has 1 nitrogen and oxygen atoms in total. The molecule has 0 saturated heterocycles. The van der Waals surface area contributed by atoms with Gasteiger partial charge in [-0.25, -0.2) is 0 Å². The molecule has 0 spiro atoms. The van der Waals surface area contributed by atoms with Crippen molar-refractivity contribution in [3.05, 3.63) is 54.6 Å². The van der Waals surface area contributed by atoms with Crippen molar-refractivity contribution in [2.24, 2.45) is 0 Å². The molecule has 0 bridgehead atoms. The van der Waals surface area contributed by atoms with Gasteiger partial charge in [0, 0.05) is 19.8 Å². The van der Waals surface area contributed by atoms with Crippen LogP contribution in [0.2, 0.25) is 6.55 Å². The molecule has 2 rings (SSSR count). The second-order valence-corrected chi connectivity index (χ2v) is 6.84. The van der Waals surface area contributed by atoms with Crippen molar-refractivity contribution in [3.8, 4) is 0 Å². The smallest absolute Gasteiger partial charge is 0.118 e. The van der Waals surface area contributed by atoms with Gasteiger partial charge in [0.2, 0.25) is 0 Å². The first-order valence-electron chi connectivity index (χ1n) is 5.85. The molecule has 2 aromatic rings. The number of benzene rings is 2. The molecule has 0 unspecified atom stereocenters. The Kier molecular flexibility index (Phi) is 3.64. The number of rotatable bonds is 3. The Bertz CT molecular complexity index is 462. The Labute approximate surface area is 105 Å². The van der Waals surface area contributed by atoms with Crippen LogP contribution in [0.25, 0.3) is 0 Å². The monoisotopic (exact) mass is 240 g/mol. The minimum atomic E-state index is -0.605. The Morgan fingerprint density at radius 1 is 0.765 bits per heavy atom. The molecule has 87 valence electrons. The van der Waals surface area contributed by atoms with Crippen LogP contribution >= 0.6 is 0 Å². The second kappa shape index (κ2) is 5.19. The van der Waals surface area contributed by atoms with Crippen LogP contribution in [0, 0.1) is 0 Å². The van der Waals surface area contributed by atoms with Gasteiger partial charge in [-0.15, -0.1) is 0 Å². The van der Waals surface area contributed by atoms with Gasteiger partial charge in [-0.2, -0.15) is 0 Å². The minimum Gasteiger partial charge on any atom is -0.378 e. The van der Waals surface area contributed by atoms with Crippen molar-refractivity contribution in [3.63, 3.8) is 0 Å². The lowest BCUT2D eigenvalue weighted by molar-refractivity contribution is 1.13. The molecule has 2 aromatic carbocycles. The summed E-state index contributed by atoms with van der Waals surface area (Å²) in [6.45, 7) is 2.35. The van der Waals surface area contributed by atoms with Crippen molar-refractivity contribution >= 4 is 24.9 Å². The zero-order valence-electron chi connectivity index (χ0n) is 10.6. The van der Waals surface area contributed by atoms with Gasteiger partial charge in [-0.1, -0.05) is 59.4 Å². The van der Waals surface area contributed by atoms with Gasteiger partial charge in [0.05, 0.1) is 0 Å². The summed E-state index contributed by atoms with van der Waals surface area (Å²) in [5.74, 6) is 0. The standard InChI is InChI=1S/C15H18NSi/c1-16(2)13-9-11-15(12-10-13)17(3)14-7-5-4-6-8-14/h4-12H,1-3H3. The maximum Gasteiger partial charge on any atom is 0.118 e. The average Bonchev–Trinajstić information content (AvgIpc) is 2.39. The Hall–Kier alpha value is -1.54. The molecule has 0 aliphatic rings. The van der Waals surface area contributed by atoms with Crippen LogP contribution in [0.15, 0.2) is 54.6 Å². The number of anilines is 1. The van der Waals surface area contributed by atoms with Crippen LogP contribution in [-0.4, -0.2) is 22.9 Å². The fraction of sp³-hybridized carbons (Fsp3) is 0.200. The highest BCUT2D eigenvalue weighted by Gasteiger charge is 2.10. The van der Waals surface area contributed by atoms with Gasteiger partial charge in [-0.05, 0) is 12.1 Å². The lowest BCUT2D eigenvalue weighted by atomic mass is 10.3. The number of hydrogen-bond acceptors (Lipinski definition) is 1. The highest BCUT2D eigenvalue weighted by atomic mass is 28.3. The van der Waals surface area contributed by atoms with E-state index in [0.29, 0.717) is 0 Å². The maximum atomic E-state index is 2.35. The molecule has 0 aliphatic carbocycles. The third-order valence-electron chi connectivity index (χ3n) is 3.02. The van der Waals surface area contributed by atoms with E-state index in [1.165, 1.54) is 16.1 Å². The fourth-order valence-corrected chi connectivity index (χ4v) is 3.56. The van der Waals surface area contributed by atoms with Gasteiger partial charge in [-0.3, -0.25) is 0 Å². The molecule has 0 heterocycles. The van der Waals surface area contributed by atoms with Crippen molar-refractivity contribution in [1.29, 1.82) is 0 Å². The molecule has 17 heavy (non-hydrogen) atoms. The van der Waals surface area contributed by atoms with Crippen LogP contribution in [0.4, 0.5) is 5.69 Å². The third-order valence-corrected chi connectivity index (χ3v) is 5.42. The van der Waals surface area contributed by atoms with Crippen LogP contribution in [-0.2, 0) is 0 Å². The van der Waals surface area contributed by atoms with E-state index in [1.54, 1.807) is 0 Å². The molecule has 0 amide bonds. The lowest BCUT2D eigenvalue weighted by Crippen LogP contribution is -2.38. The minimum absolute atomic E-state index is 0.605. The van der Waals surface area contributed by atoms with E-state index in [1.807, 2.05) is 0 Å². The molecular formula is C15H18NSi. The molecule has 0 saturated carbocycles. The van der Waals surface area contributed by atoms with Crippen molar-refractivity contribution in [2.75, 3.05) is 19.0 Å². The first-order valence-corrected chi connectivity index (χ1v) is 7.85. The highest BCUT2D eigenvalue weighted by Crippen LogP contribution is 2.07. The Morgan fingerprint density at radius 2 is 1.29 bits per heavy atom. The summed E-state index contributed by atoms with van der Waals surface area (Å²) < 4.78 is 0. The number of nitrogens with zero attached hydrogens (tertiary/aromatic N) is 1. The molecule has 2 heteroatoms. The molecule has 0 atom stereocenters. The van der Waals surface area contributed by atoms with Crippen molar-refractivity contribution in [1.82, 2.24) is 0 Å². The molecule has 0 fully saturated rings. The summed E-state index contributed by atoms with van der Waals surface area (Å²) in [5.41, 5.74) is 1.26. The largest absolute Gasteiger partial charge is 0.378 e. The van der Waals surface area contributed by atoms with E-state index in [-0.39, 0.29) is 0 Å². The van der Waals surface area contributed by atoms with Crippen LogP contribution in [0.1, 0.15) is 0 Å². The van der Waals surface area contributed by atoms with E-state index >= 15 is 0 Å². The molecule has 0 N–H and O–H groups in total. The molecular weight excluding hydrogens is 222 g/mol. The van der Waals surface area contributed by atoms with Crippen molar-refractivity contribution < 1.29 is 0 Å². The summed E-state index contributed by atoms with van der Waals surface area (Å²) in [4.78, 5) is 2.13. The van der Waals surface area contributed by atoms with E-state index in [0.717, 1.165) is 0 Å². The predicted molar refractivity (Wildman–Crippen MR) is 78.1 cm³/mol. The normalized spacial score (nSPS) is 10.6. The molecule has 0 aliphatic heterocycles. The zero-order chi connectivity index (χ0) is 12.3. The second-order valence-electron chi connectivity index (χ2n) is 4.43. The zero-order valence-corrected chi connectivity index (χ0v) is 11.6. The third kappa shape index (κ3) is 2.77. The van der Waals surface area contributed by atoms with Gasteiger partial charge >= 0.3 is 0 Å². The van der Waals surface area contributed by atoms with Crippen LogP contribution < -0.4 is 15.3 Å². The van der Waals surface area contributed by atoms with Crippen LogP contribution in [0.3, 0.4) is 0 Å². The quantitative estimate of drug-likeness (QED) is 0.742. The van der Waals surface area contributed by atoms with Gasteiger partial charge in [0.15, 0.2) is 0 Å². The van der Waals surface area contributed by atoms with E-state index < -0.39 is 8.80 Å². The summed E-state index contributed by atoms with van der Waals surface area (Å²) in [6, 6.07) is 19.7. The van der Waals surface area contributed by atoms with Crippen LogP contribution in [0.5, 0.6) is 0 Å². The Morgan fingerprint density at radius 3 is 1.82 bits per heavy atom. The predicted octanol–water partition coefficient (Wildman–Crippen LogP) is 1.99. The highest BCUT2D eigenvalue weighted by molar-refractivity contribution is 6.84. The lowest BCUT2D eigenvalue weighted by Gasteiger charge is -2.15. The topological polar surface area (TPSA) is 3.24 Å². The van der Waals surface area contributed by atoms with Gasteiger partial charge < -0.3 is 4.90 Å². The molecule has 1 radical (unpaired) electrons.